The number of aromatic amines is 1. The van der Waals surface area contributed by atoms with E-state index >= 15 is 0 Å². The molecule has 2 rings (SSSR count). The van der Waals surface area contributed by atoms with Crippen LogP contribution in [-0.4, -0.2) is 31.3 Å². The zero-order valence-electron chi connectivity index (χ0n) is 10.4. The Labute approximate surface area is 107 Å². The SMILES string of the molecule is CN(CC1CCCC1)S(=O)(=O)c1ccc(=O)[nH]c1. The van der Waals surface area contributed by atoms with Gasteiger partial charge in [0, 0.05) is 25.9 Å². The van der Waals surface area contributed by atoms with Gasteiger partial charge in [-0.2, -0.15) is 0 Å². The summed E-state index contributed by atoms with van der Waals surface area (Å²) in [7, 11) is -1.88. The molecule has 0 saturated heterocycles. The van der Waals surface area contributed by atoms with Crippen LogP contribution < -0.4 is 5.56 Å². The largest absolute Gasteiger partial charge is 0.328 e. The molecule has 0 aliphatic heterocycles. The first kappa shape index (κ1) is 13.3. The quantitative estimate of drug-likeness (QED) is 0.893. The average Bonchev–Trinajstić information content (AvgIpc) is 2.82. The molecule has 1 N–H and O–H groups in total. The highest BCUT2D eigenvalue weighted by Crippen LogP contribution is 2.26. The number of nitrogens with one attached hydrogen (secondary N) is 1. The van der Waals surface area contributed by atoms with E-state index in [1.807, 2.05) is 0 Å². The summed E-state index contributed by atoms with van der Waals surface area (Å²) in [6, 6.07) is 2.58. The normalized spacial score (nSPS) is 17.4. The fraction of sp³-hybridized carbons (Fsp3) is 0.583. The smallest absolute Gasteiger partial charge is 0.247 e. The maximum atomic E-state index is 12.2. The van der Waals surface area contributed by atoms with Crippen molar-refractivity contribution < 1.29 is 8.42 Å². The molecule has 6 heteroatoms. The molecule has 1 saturated carbocycles. The summed E-state index contributed by atoms with van der Waals surface area (Å²) < 4.78 is 25.9. The van der Waals surface area contributed by atoms with Crippen molar-refractivity contribution in [3.8, 4) is 0 Å². The van der Waals surface area contributed by atoms with Crippen molar-refractivity contribution in [2.75, 3.05) is 13.6 Å². The summed E-state index contributed by atoms with van der Waals surface area (Å²) in [5.74, 6) is 0.465. The lowest BCUT2D eigenvalue weighted by molar-refractivity contribution is 0.387. The second kappa shape index (κ2) is 5.24. The first-order valence-electron chi connectivity index (χ1n) is 6.15. The lowest BCUT2D eigenvalue weighted by atomic mass is 10.1. The van der Waals surface area contributed by atoms with Crippen LogP contribution in [0.25, 0.3) is 0 Å². The second-order valence-electron chi connectivity index (χ2n) is 4.82. The van der Waals surface area contributed by atoms with Crippen LogP contribution >= 0.6 is 0 Å². The van der Waals surface area contributed by atoms with Crippen molar-refractivity contribution in [1.82, 2.24) is 9.29 Å². The third-order valence-corrected chi connectivity index (χ3v) is 5.27. The first-order chi connectivity index (χ1) is 8.50. The van der Waals surface area contributed by atoms with Gasteiger partial charge in [0.05, 0.1) is 4.90 Å². The van der Waals surface area contributed by atoms with E-state index in [1.54, 1.807) is 7.05 Å². The molecule has 0 radical (unpaired) electrons. The summed E-state index contributed by atoms with van der Waals surface area (Å²) >= 11 is 0. The minimum absolute atomic E-state index is 0.141. The standard InChI is InChI=1S/C12H18N2O3S/c1-14(9-10-4-2-3-5-10)18(16,17)11-6-7-12(15)13-8-11/h6-8,10H,2-5,9H2,1H3,(H,13,15). The minimum atomic E-state index is -3.48. The number of hydrogen-bond donors (Lipinski definition) is 1. The zero-order valence-corrected chi connectivity index (χ0v) is 11.2. The van der Waals surface area contributed by atoms with Gasteiger partial charge < -0.3 is 4.98 Å². The van der Waals surface area contributed by atoms with Gasteiger partial charge in [0.25, 0.3) is 0 Å². The van der Waals surface area contributed by atoms with E-state index in [-0.39, 0.29) is 10.5 Å². The monoisotopic (exact) mass is 270 g/mol. The van der Waals surface area contributed by atoms with E-state index < -0.39 is 10.0 Å². The maximum absolute atomic E-state index is 12.2. The summed E-state index contributed by atoms with van der Waals surface area (Å²) in [5.41, 5.74) is -0.299. The van der Waals surface area contributed by atoms with Gasteiger partial charge in [0.15, 0.2) is 0 Å². The topological polar surface area (TPSA) is 70.2 Å². The van der Waals surface area contributed by atoms with E-state index in [1.165, 1.54) is 35.5 Å². The Hall–Kier alpha value is -1.14. The predicted molar refractivity (Wildman–Crippen MR) is 68.8 cm³/mol. The van der Waals surface area contributed by atoms with E-state index in [9.17, 15) is 13.2 Å². The third-order valence-electron chi connectivity index (χ3n) is 3.45. The molecule has 1 fully saturated rings. The predicted octanol–water partition coefficient (Wildman–Crippen LogP) is 1.19. The third kappa shape index (κ3) is 2.81. The molecule has 1 heterocycles. The highest BCUT2D eigenvalue weighted by atomic mass is 32.2. The Bertz CT molecular complexity index is 538. The van der Waals surface area contributed by atoms with Gasteiger partial charge in [-0.1, -0.05) is 12.8 Å². The molecule has 18 heavy (non-hydrogen) atoms. The fourth-order valence-electron chi connectivity index (χ4n) is 2.39. The zero-order chi connectivity index (χ0) is 13.2. The average molecular weight is 270 g/mol. The Balaban J connectivity index is 2.14. The number of sulfonamides is 1. The molecule has 0 amide bonds. The molecular formula is C12H18N2O3S. The van der Waals surface area contributed by atoms with E-state index in [4.69, 9.17) is 0 Å². The molecule has 0 spiro atoms. The lowest BCUT2D eigenvalue weighted by Crippen LogP contribution is -2.31. The fourth-order valence-corrected chi connectivity index (χ4v) is 3.61. The van der Waals surface area contributed by atoms with Crippen LogP contribution in [0.4, 0.5) is 0 Å². The highest BCUT2D eigenvalue weighted by Gasteiger charge is 2.25. The Kier molecular flexibility index (Phi) is 3.87. The molecule has 1 aromatic rings. The van der Waals surface area contributed by atoms with Gasteiger partial charge in [0.1, 0.15) is 0 Å². The molecule has 0 atom stereocenters. The lowest BCUT2D eigenvalue weighted by Gasteiger charge is -2.20. The van der Waals surface area contributed by atoms with Crippen molar-refractivity contribution in [1.29, 1.82) is 0 Å². The van der Waals surface area contributed by atoms with Crippen molar-refractivity contribution in [2.45, 2.75) is 30.6 Å². The van der Waals surface area contributed by atoms with Crippen LogP contribution in [0.2, 0.25) is 0 Å². The number of H-pyrrole nitrogens is 1. The summed E-state index contributed by atoms with van der Waals surface area (Å²) in [6.07, 6.45) is 5.84. The Morgan fingerprint density at radius 2 is 2.00 bits per heavy atom. The molecule has 0 aromatic carbocycles. The Morgan fingerprint density at radius 3 is 2.56 bits per heavy atom. The number of pyridine rings is 1. The van der Waals surface area contributed by atoms with Crippen LogP contribution in [-0.2, 0) is 10.0 Å². The molecule has 0 bridgehead atoms. The summed E-state index contributed by atoms with van der Waals surface area (Å²) in [5, 5.41) is 0. The van der Waals surface area contributed by atoms with Crippen LogP contribution in [0.5, 0.6) is 0 Å². The van der Waals surface area contributed by atoms with Gasteiger partial charge in [-0.15, -0.1) is 0 Å². The van der Waals surface area contributed by atoms with Crippen LogP contribution in [0.1, 0.15) is 25.7 Å². The van der Waals surface area contributed by atoms with Crippen molar-refractivity contribution in [3.05, 3.63) is 28.7 Å². The number of rotatable bonds is 4. The van der Waals surface area contributed by atoms with E-state index in [0.29, 0.717) is 12.5 Å². The maximum Gasteiger partial charge on any atom is 0.247 e. The van der Waals surface area contributed by atoms with Crippen molar-refractivity contribution in [3.63, 3.8) is 0 Å². The molecule has 1 aliphatic carbocycles. The summed E-state index contributed by atoms with van der Waals surface area (Å²) in [4.78, 5) is 13.5. The van der Waals surface area contributed by atoms with E-state index in [2.05, 4.69) is 4.98 Å². The Morgan fingerprint density at radius 1 is 1.33 bits per heavy atom. The first-order valence-corrected chi connectivity index (χ1v) is 7.59. The number of aromatic nitrogens is 1. The van der Waals surface area contributed by atoms with Gasteiger partial charge in [-0.25, -0.2) is 12.7 Å². The molecule has 100 valence electrons. The molecule has 0 unspecified atom stereocenters. The van der Waals surface area contributed by atoms with Gasteiger partial charge in [0.2, 0.25) is 15.6 Å². The number of hydrogen-bond acceptors (Lipinski definition) is 3. The van der Waals surface area contributed by atoms with Gasteiger partial charge >= 0.3 is 0 Å². The molecule has 5 nitrogen and oxygen atoms in total. The number of nitrogens with zero attached hydrogens (tertiary/aromatic N) is 1. The van der Waals surface area contributed by atoms with Crippen LogP contribution in [0.15, 0.2) is 28.0 Å². The molecular weight excluding hydrogens is 252 g/mol. The second-order valence-corrected chi connectivity index (χ2v) is 6.87. The van der Waals surface area contributed by atoms with E-state index in [0.717, 1.165) is 12.8 Å². The van der Waals surface area contributed by atoms with Gasteiger partial charge in [-0.05, 0) is 24.8 Å². The minimum Gasteiger partial charge on any atom is -0.328 e. The van der Waals surface area contributed by atoms with Gasteiger partial charge in [-0.3, -0.25) is 4.79 Å². The van der Waals surface area contributed by atoms with Crippen LogP contribution in [0.3, 0.4) is 0 Å². The van der Waals surface area contributed by atoms with Crippen LogP contribution in [0, 0.1) is 5.92 Å². The summed E-state index contributed by atoms with van der Waals surface area (Å²) in [6.45, 7) is 0.557. The van der Waals surface area contributed by atoms with Crippen molar-refractivity contribution in [2.24, 2.45) is 5.92 Å². The van der Waals surface area contributed by atoms with Crippen molar-refractivity contribution >= 4 is 10.0 Å². The molecule has 1 aromatic heterocycles. The molecule has 1 aliphatic rings. The highest BCUT2D eigenvalue weighted by molar-refractivity contribution is 7.89.